The van der Waals surface area contributed by atoms with Crippen LogP contribution in [0.2, 0.25) is 0 Å². The zero-order valence-electron chi connectivity index (χ0n) is 14.8. The number of rotatable bonds is 2. The van der Waals surface area contributed by atoms with Crippen molar-refractivity contribution in [2.75, 3.05) is 13.1 Å². The van der Waals surface area contributed by atoms with Crippen LogP contribution >= 0.6 is 0 Å². The van der Waals surface area contributed by atoms with Crippen molar-refractivity contribution >= 4 is 10.9 Å². The summed E-state index contributed by atoms with van der Waals surface area (Å²) < 4.78 is 0. The molecule has 2 heteroatoms. The SMILES string of the molecule is c1ccc(-c2cccc(-c3cccc4[nH]c5c(c34)CCNCC5)c2)cc1. The highest BCUT2D eigenvalue weighted by Crippen LogP contribution is 2.35. The molecule has 0 bridgehead atoms. The summed E-state index contributed by atoms with van der Waals surface area (Å²) in [6.45, 7) is 2.11. The molecule has 128 valence electrons. The molecule has 0 aliphatic carbocycles. The van der Waals surface area contributed by atoms with E-state index in [1.807, 2.05) is 0 Å². The topological polar surface area (TPSA) is 27.8 Å². The minimum Gasteiger partial charge on any atom is -0.358 e. The second-order valence-electron chi connectivity index (χ2n) is 7.01. The van der Waals surface area contributed by atoms with E-state index in [1.54, 1.807) is 0 Å². The lowest BCUT2D eigenvalue weighted by molar-refractivity contribution is 0.708. The van der Waals surface area contributed by atoms with E-state index in [0.717, 1.165) is 25.9 Å². The summed E-state index contributed by atoms with van der Waals surface area (Å²) in [5.41, 5.74) is 9.31. The summed E-state index contributed by atoms with van der Waals surface area (Å²) in [7, 11) is 0. The molecule has 4 aromatic rings. The molecule has 2 nitrogen and oxygen atoms in total. The Morgan fingerprint density at radius 2 is 1.42 bits per heavy atom. The Balaban J connectivity index is 1.69. The molecule has 0 amide bonds. The third-order valence-electron chi connectivity index (χ3n) is 5.40. The fraction of sp³-hybridized carbons (Fsp3) is 0.167. The molecule has 3 aromatic carbocycles. The van der Waals surface area contributed by atoms with Gasteiger partial charge >= 0.3 is 0 Å². The van der Waals surface area contributed by atoms with Gasteiger partial charge in [0.1, 0.15) is 0 Å². The molecule has 1 aromatic heterocycles. The maximum Gasteiger partial charge on any atom is 0.0465 e. The molecule has 26 heavy (non-hydrogen) atoms. The quantitative estimate of drug-likeness (QED) is 0.517. The van der Waals surface area contributed by atoms with Crippen LogP contribution in [-0.2, 0) is 12.8 Å². The molecule has 0 saturated carbocycles. The third-order valence-corrected chi connectivity index (χ3v) is 5.40. The normalized spacial score (nSPS) is 14.2. The van der Waals surface area contributed by atoms with E-state index in [4.69, 9.17) is 0 Å². The zero-order chi connectivity index (χ0) is 17.3. The van der Waals surface area contributed by atoms with E-state index in [1.165, 1.54) is 44.4 Å². The Labute approximate surface area is 153 Å². The van der Waals surface area contributed by atoms with Gasteiger partial charge in [-0.3, -0.25) is 0 Å². The van der Waals surface area contributed by atoms with Gasteiger partial charge in [0.2, 0.25) is 0 Å². The van der Waals surface area contributed by atoms with Gasteiger partial charge in [-0.2, -0.15) is 0 Å². The summed E-state index contributed by atoms with van der Waals surface area (Å²) in [6.07, 6.45) is 2.16. The lowest BCUT2D eigenvalue weighted by Crippen LogP contribution is -2.16. The molecule has 2 N–H and O–H groups in total. The van der Waals surface area contributed by atoms with Crippen molar-refractivity contribution in [2.45, 2.75) is 12.8 Å². The molecule has 0 fully saturated rings. The summed E-state index contributed by atoms with van der Waals surface area (Å²) in [4.78, 5) is 3.67. The first kappa shape index (κ1) is 15.4. The van der Waals surface area contributed by atoms with Crippen molar-refractivity contribution in [1.82, 2.24) is 10.3 Å². The predicted molar refractivity (Wildman–Crippen MR) is 109 cm³/mol. The first-order valence-electron chi connectivity index (χ1n) is 9.39. The number of nitrogens with one attached hydrogen (secondary N) is 2. The molecule has 0 spiro atoms. The molecule has 0 unspecified atom stereocenters. The highest BCUT2D eigenvalue weighted by Gasteiger charge is 2.17. The average Bonchev–Trinajstić information content (AvgIpc) is 2.90. The largest absolute Gasteiger partial charge is 0.358 e. The molecule has 2 heterocycles. The van der Waals surface area contributed by atoms with Gasteiger partial charge in [-0.15, -0.1) is 0 Å². The number of hydrogen-bond acceptors (Lipinski definition) is 1. The van der Waals surface area contributed by atoms with E-state index in [0.29, 0.717) is 0 Å². The Kier molecular flexibility index (Phi) is 3.84. The minimum atomic E-state index is 1.05. The van der Waals surface area contributed by atoms with Crippen molar-refractivity contribution in [3.05, 3.63) is 84.1 Å². The number of aromatic amines is 1. The molecule has 1 aliphatic rings. The summed E-state index contributed by atoms with van der Waals surface area (Å²) in [5, 5.41) is 4.91. The molecule has 5 rings (SSSR count). The number of H-pyrrole nitrogens is 1. The predicted octanol–water partition coefficient (Wildman–Crippen LogP) is 5.19. The number of hydrogen-bond donors (Lipinski definition) is 2. The van der Waals surface area contributed by atoms with E-state index in [2.05, 4.69) is 83.1 Å². The summed E-state index contributed by atoms with van der Waals surface area (Å²) in [5.74, 6) is 0. The van der Waals surface area contributed by atoms with Crippen LogP contribution < -0.4 is 5.32 Å². The van der Waals surface area contributed by atoms with Crippen molar-refractivity contribution in [3.63, 3.8) is 0 Å². The highest BCUT2D eigenvalue weighted by molar-refractivity contribution is 5.99. The standard InChI is InChI=1S/C24H22N2/c1-2-6-17(7-3-1)18-8-4-9-19(16-18)20-10-5-11-23-24(20)21-12-14-25-15-13-22(21)26-23/h1-11,16,25-26H,12-15H2. The van der Waals surface area contributed by atoms with E-state index in [9.17, 15) is 0 Å². The Morgan fingerprint density at radius 3 is 2.35 bits per heavy atom. The monoisotopic (exact) mass is 338 g/mol. The average molecular weight is 338 g/mol. The van der Waals surface area contributed by atoms with Gasteiger partial charge in [-0.25, -0.2) is 0 Å². The van der Waals surface area contributed by atoms with E-state index >= 15 is 0 Å². The van der Waals surface area contributed by atoms with E-state index < -0.39 is 0 Å². The van der Waals surface area contributed by atoms with Crippen LogP contribution in [0.15, 0.2) is 72.8 Å². The van der Waals surface area contributed by atoms with E-state index in [-0.39, 0.29) is 0 Å². The van der Waals surface area contributed by atoms with Crippen molar-refractivity contribution < 1.29 is 0 Å². The maximum absolute atomic E-state index is 3.67. The lowest BCUT2D eigenvalue weighted by Gasteiger charge is -2.09. The highest BCUT2D eigenvalue weighted by atomic mass is 14.9. The van der Waals surface area contributed by atoms with Crippen LogP contribution in [0.25, 0.3) is 33.2 Å². The first-order valence-corrected chi connectivity index (χ1v) is 9.39. The molecule has 0 saturated heterocycles. The number of aromatic nitrogens is 1. The second-order valence-corrected chi connectivity index (χ2v) is 7.01. The molecule has 1 aliphatic heterocycles. The Hall–Kier alpha value is -2.84. The van der Waals surface area contributed by atoms with Gasteiger partial charge in [0, 0.05) is 29.6 Å². The third kappa shape index (κ3) is 2.63. The minimum absolute atomic E-state index is 1.05. The molecule has 0 radical (unpaired) electrons. The molecular formula is C24H22N2. The number of benzene rings is 3. The van der Waals surface area contributed by atoms with Crippen LogP contribution in [0.1, 0.15) is 11.3 Å². The zero-order valence-corrected chi connectivity index (χ0v) is 14.8. The van der Waals surface area contributed by atoms with Gasteiger partial charge in [0.15, 0.2) is 0 Å². The summed E-state index contributed by atoms with van der Waals surface area (Å²) >= 11 is 0. The van der Waals surface area contributed by atoms with Crippen molar-refractivity contribution in [2.24, 2.45) is 0 Å². The number of fused-ring (bicyclic) bond motifs is 3. The van der Waals surface area contributed by atoms with Crippen LogP contribution in [0.3, 0.4) is 0 Å². The van der Waals surface area contributed by atoms with Gasteiger partial charge in [0.05, 0.1) is 0 Å². The van der Waals surface area contributed by atoms with Gasteiger partial charge in [-0.1, -0.05) is 60.7 Å². The Morgan fingerprint density at radius 1 is 0.654 bits per heavy atom. The molecular weight excluding hydrogens is 316 g/mol. The fourth-order valence-electron chi connectivity index (χ4n) is 4.15. The van der Waals surface area contributed by atoms with Crippen LogP contribution in [0.5, 0.6) is 0 Å². The lowest BCUT2D eigenvalue weighted by atomic mass is 9.94. The van der Waals surface area contributed by atoms with Crippen molar-refractivity contribution in [3.8, 4) is 22.3 Å². The smallest absolute Gasteiger partial charge is 0.0465 e. The van der Waals surface area contributed by atoms with Crippen LogP contribution in [-0.4, -0.2) is 18.1 Å². The maximum atomic E-state index is 3.67. The molecule has 0 atom stereocenters. The summed E-state index contributed by atoms with van der Waals surface area (Å²) in [6, 6.07) is 26.2. The van der Waals surface area contributed by atoms with Gasteiger partial charge < -0.3 is 10.3 Å². The van der Waals surface area contributed by atoms with Crippen molar-refractivity contribution in [1.29, 1.82) is 0 Å². The van der Waals surface area contributed by atoms with Gasteiger partial charge in [0.25, 0.3) is 0 Å². The second kappa shape index (κ2) is 6.47. The van der Waals surface area contributed by atoms with Gasteiger partial charge in [-0.05, 0) is 52.9 Å². The Bertz CT molecular complexity index is 1060. The van der Waals surface area contributed by atoms with Crippen LogP contribution in [0.4, 0.5) is 0 Å². The first-order chi connectivity index (χ1) is 12.9. The van der Waals surface area contributed by atoms with Crippen LogP contribution in [0, 0.1) is 0 Å². The fourth-order valence-corrected chi connectivity index (χ4v) is 4.15.